The van der Waals surface area contributed by atoms with Crippen LogP contribution in [0, 0.1) is 0 Å². The number of quaternary nitrogens is 2. The van der Waals surface area contributed by atoms with Gasteiger partial charge in [0, 0.05) is 17.5 Å². The number of rotatable bonds is 9. The number of nitrogens with one attached hydrogen (secondary N) is 2. The van der Waals surface area contributed by atoms with E-state index in [1.807, 2.05) is 6.07 Å². The maximum absolute atomic E-state index is 11.5. The molecule has 1 saturated heterocycles. The highest BCUT2D eigenvalue weighted by Gasteiger charge is 2.22. The second-order valence-corrected chi connectivity index (χ2v) is 7.54. The van der Waals surface area contributed by atoms with Crippen LogP contribution in [-0.4, -0.2) is 52.2 Å². The van der Waals surface area contributed by atoms with Crippen LogP contribution in [0.2, 0.25) is 0 Å². The minimum atomic E-state index is 0.0296. The quantitative estimate of drug-likeness (QED) is 0.493. The van der Waals surface area contributed by atoms with Gasteiger partial charge in [0.1, 0.15) is 32.7 Å². The SMILES string of the molecule is COc1cc(C(C)=O)ccc1OCCC[NH+]1CC[NH+](Cc2ccccc2)CC1. The van der Waals surface area contributed by atoms with E-state index < -0.39 is 0 Å². The molecule has 3 rings (SSSR count). The highest BCUT2D eigenvalue weighted by Crippen LogP contribution is 2.28. The smallest absolute Gasteiger partial charge is 0.161 e. The number of ketones is 1. The maximum Gasteiger partial charge on any atom is 0.161 e. The number of ether oxygens (including phenoxy) is 2. The normalized spacial score (nSPS) is 19.2. The van der Waals surface area contributed by atoms with Crippen molar-refractivity contribution in [1.29, 1.82) is 0 Å². The lowest BCUT2D eigenvalue weighted by Gasteiger charge is -2.29. The summed E-state index contributed by atoms with van der Waals surface area (Å²) < 4.78 is 11.3. The summed E-state index contributed by atoms with van der Waals surface area (Å²) in [6.45, 7) is 9.38. The van der Waals surface area contributed by atoms with E-state index in [4.69, 9.17) is 9.47 Å². The molecule has 2 N–H and O–H groups in total. The summed E-state index contributed by atoms with van der Waals surface area (Å²) in [6, 6.07) is 16.1. The molecule has 1 fully saturated rings. The molecule has 0 atom stereocenters. The van der Waals surface area contributed by atoms with Gasteiger partial charge in [0.15, 0.2) is 17.3 Å². The summed E-state index contributed by atoms with van der Waals surface area (Å²) in [7, 11) is 1.60. The fourth-order valence-electron chi connectivity index (χ4n) is 3.78. The van der Waals surface area contributed by atoms with Crippen molar-refractivity contribution in [1.82, 2.24) is 0 Å². The summed E-state index contributed by atoms with van der Waals surface area (Å²) in [6.07, 6.45) is 1.01. The second-order valence-electron chi connectivity index (χ2n) is 7.54. The number of benzene rings is 2. The highest BCUT2D eigenvalue weighted by molar-refractivity contribution is 5.94. The first-order chi connectivity index (χ1) is 13.7. The van der Waals surface area contributed by atoms with Crippen LogP contribution in [0.15, 0.2) is 48.5 Å². The minimum absolute atomic E-state index is 0.0296. The first-order valence-electron chi connectivity index (χ1n) is 10.2. The summed E-state index contributed by atoms with van der Waals surface area (Å²) in [5, 5.41) is 0. The fourth-order valence-corrected chi connectivity index (χ4v) is 3.78. The van der Waals surface area contributed by atoms with Crippen LogP contribution in [-0.2, 0) is 6.54 Å². The Hall–Kier alpha value is -2.37. The van der Waals surface area contributed by atoms with Crippen LogP contribution in [0.4, 0.5) is 0 Å². The molecule has 0 saturated carbocycles. The van der Waals surface area contributed by atoms with Crippen molar-refractivity contribution >= 4 is 5.78 Å². The first-order valence-corrected chi connectivity index (χ1v) is 10.2. The number of piperazine rings is 1. The molecule has 1 heterocycles. The van der Waals surface area contributed by atoms with Crippen molar-refractivity contribution in [3.8, 4) is 11.5 Å². The molecule has 28 heavy (non-hydrogen) atoms. The lowest BCUT2D eigenvalue weighted by atomic mass is 10.1. The van der Waals surface area contributed by atoms with Crippen molar-refractivity contribution in [2.45, 2.75) is 19.9 Å². The van der Waals surface area contributed by atoms with Crippen molar-refractivity contribution in [3.63, 3.8) is 0 Å². The Bertz CT molecular complexity index is 756. The Labute approximate surface area is 167 Å². The molecular weight excluding hydrogens is 352 g/mol. The van der Waals surface area contributed by atoms with Crippen molar-refractivity contribution < 1.29 is 24.1 Å². The second kappa shape index (κ2) is 10.2. The van der Waals surface area contributed by atoms with Crippen molar-refractivity contribution in [2.75, 3.05) is 46.4 Å². The van der Waals surface area contributed by atoms with E-state index >= 15 is 0 Å². The van der Waals surface area contributed by atoms with Gasteiger partial charge < -0.3 is 19.3 Å². The lowest BCUT2D eigenvalue weighted by molar-refractivity contribution is -1.02. The minimum Gasteiger partial charge on any atom is -0.493 e. The van der Waals surface area contributed by atoms with E-state index in [-0.39, 0.29) is 5.78 Å². The van der Waals surface area contributed by atoms with Crippen LogP contribution < -0.4 is 19.3 Å². The van der Waals surface area contributed by atoms with Gasteiger partial charge in [-0.25, -0.2) is 0 Å². The Morgan fingerprint density at radius 3 is 2.36 bits per heavy atom. The largest absolute Gasteiger partial charge is 0.493 e. The summed E-state index contributed by atoms with van der Waals surface area (Å²) >= 11 is 0. The molecular formula is C23H32N2O3+2. The van der Waals surface area contributed by atoms with Crippen LogP contribution in [0.5, 0.6) is 11.5 Å². The average Bonchev–Trinajstić information content (AvgIpc) is 2.73. The number of carbonyl (C=O) groups excluding carboxylic acids is 1. The zero-order valence-electron chi connectivity index (χ0n) is 17.0. The number of hydrogen-bond acceptors (Lipinski definition) is 3. The zero-order chi connectivity index (χ0) is 19.8. The zero-order valence-corrected chi connectivity index (χ0v) is 17.0. The topological polar surface area (TPSA) is 44.4 Å². The average molecular weight is 385 g/mol. The van der Waals surface area contributed by atoms with Gasteiger partial charge in [0.2, 0.25) is 0 Å². The molecule has 0 radical (unpaired) electrons. The first kappa shape index (κ1) is 20.4. The van der Waals surface area contributed by atoms with Crippen LogP contribution in [0.25, 0.3) is 0 Å². The van der Waals surface area contributed by atoms with E-state index in [2.05, 4.69) is 30.3 Å². The van der Waals surface area contributed by atoms with E-state index in [1.165, 1.54) is 31.7 Å². The standard InChI is InChI=1S/C23H30N2O3/c1-19(26)21-9-10-22(23(17-21)27-2)28-16-6-11-24-12-14-25(15-13-24)18-20-7-4-3-5-8-20/h3-5,7-10,17H,6,11-16,18H2,1-2H3/p+2. The maximum atomic E-state index is 11.5. The van der Waals surface area contributed by atoms with Crippen LogP contribution in [0.3, 0.4) is 0 Å². The Morgan fingerprint density at radius 2 is 1.68 bits per heavy atom. The molecule has 2 aromatic rings. The van der Waals surface area contributed by atoms with Crippen molar-refractivity contribution in [2.24, 2.45) is 0 Å². The van der Waals surface area contributed by atoms with Gasteiger partial charge >= 0.3 is 0 Å². The molecule has 5 nitrogen and oxygen atoms in total. The monoisotopic (exact) mass is 384 g/mol. The third-order valence-corrected chi connectivity index (χ3v) is 5.46. The molecule has 150 valence electrons. The molecule has 0 aliphatic carbocycles. The van der Waals surface area contributed by atoms with Gasteiger partial charge in [-0.15, -0.1) is 0 Å². The van der Waals surface area contributed by atoms with Crippen LogP contribution in [0.1, 0.15) is 29.3 Å². The van der Waals surface area contributed by atoms with Crippen LogP contribution >= 0.6 is 0 Å². The summed E-state index contributed by atoms with van der Waals surface area (Å²) in [5.41, 5.74) is 2.07. The van der Waals surface area contributed by atoms with E-state index in [1.54, 1.807) is 36.0 Å². The number of methoxy groups -OCH3 is 1. The van der Waals surface area contributed by atoms with E-state index in [0.29, 0.717) is 23.7 Å². The number of hydrogen-bond donors (Lipinski definition) is 2. The third-order valence-electron chi connectivity index (χ3n) is 5.46. The van der Waals surface area contributed by atoms with Crippen molar-refractivity contribution in [3.05, 3.63) is 59.7 Å². The predicted octanol–water partition coefficient (Wildman–Crippen LogP) is 0.650. The van der Waals surface area contributed by atoms with Gasteiger partial charge in [-0.05, 0) is 25.1 Å². The molecule has 0 spiro atoms. The number of carbonyl (C=O) groups is 1. The summed E-state index contributed by atoms with van der Waals surface area (Å²) in [4.78, 5) is 14.8. The number of Topliss-reactive ketones (excluding diaryl/α,β-unsaturated/α-hetero) is 1. The van der Waals surface area contributed by atoms with Gasteiger partial charge in [-0.2, -0.15) is 0 Å². The Balaban J connectivity index is 1.37. The molecule has 5 heteroatoms. The fraction of sp³-hybridized carbons (Fsp3) is 0.435. The Kier molecular flexibility index (Phi) is 7.46. The molecule has 1 aliphatic rings. The lowest BCUT2D eigenvalue weighted by Crippen LogP contribution is -3.27. The molecule has 0 unspecified atom stereocenters. The molecule has 0 amide bonds. The summed E-state index contributed by atoms with van der Waals surface area (Å²) in [5.74, 6) is 1.36. The molecule has 0 aromatic heterocycles. The van der Waals surface area contributed by atoms with E-state index in [9.17, 15) is 4.79 Å². The molecule has 1 aliphatic heterocycles. The predicted molar refractivity (Wildman–Crippen MR) is 110 cm³/mol. The van der Waals surface area contributed by atoms with E-state index in [0.717, 1.165) is 19.5 Å². The molecule has 2 aromatic carbocycles. The third kappa shape index (κ3) is 5.81. The van der Waals surface area contributed by atoms with Gasteiger partial charge in [0.25, 0.3) is 0 Å². The van der Waals surface area contributed by atoms with Gasteiger partial charge in [0.05, 0.1) is 20.3 Å². The molecule has 0 bridgehead atoms. The van der Waals surface area contributed by atoms with Gasteiger partial charge in [-0.1, -0.05) is 30.3 Å². The van der Waals surface area contributed by atoms with Gasteiger partial charge in [-0.3, -0.25) is 4.79 Å². The Morgan fingerprint density at radius 1 is 0.964 bits per heavy atom. The highest BCUT2D eigenvalue weighted by atomic mass is 16.5.